The van der Waals surface area contributed by atoms with Crippen LogP contribution in [0.4, 0.5) is 0 Å². The molecule has 0 aliphatic heterocycles. The van der Waals surface area contributed by atoms with E-state index in [9.17, 15) is 0 Å². The number of alkyl halides is 6. The van der Waals surface area contributed by atoms with Crippen LogP contribution in [0, 0.1) is 0 Å². The van der Waals surface area contributed by atoms with Crippen molar-refractivity contribution in [3.8, 4) is 0 Å². The van der Waals surface area contributed by atoms with E-state index in [1.165, 1.54) is 6.08 Å². The Kier molecular flexibility index (Phi) is 102. The second-order valence-electron chi connectivity index (χ2n) is 3.59. The molecule has 0 rings (SSSR count). The van der Waals surface area contributed by atoms with Crippen molar-refractivity contribution in [2.45, 2.75) is 5.38 Å². The van der Waals surface area contributed by atoms with E-state index in [4.69, 9.17) is 81.2 Å². The fourth-order valence-corrected chi connectivity index (χ4v) is 0.945. The van der Waals surface area contributed by atoms with Crippen LogP contribution in [0.15, 0.2) is 86.5 Å². The lowest BCUT2D eigenvalue weighted by atomic mass is 10.5. The number of hydrogen-bond donors (Lipinski definition) is 0. The Balaban J connectivity index is -0.0000000431. The number of rotatable bonds is 8. The predicted octanol–water partition coefficient (Wildman–Crippen LogP) is 11.1. The van der Waals surface area contributed by atoms with Gasteiger partial charge in [-0.2, -0.15) is 0 Å². The van der Waals surface area contributed by atoms with Gasteiger partial charge in [-0.15, -0.1) is 88.6 Å². The first-order valence-corrected chi connectivity index (χ1v) is 12.2. The molecular formula is C20H30Cl10. The summed E-state index contributed by atoms with van der Waals surface area (Å²) in [4.78, 5) is 0. The zero-order valence-electron chi connectivity index (χ0n) is 16.6. The standard InChI is InChI=1S/3C4H6Cl2.C4H5Cl.C4H6.Cl2.ClH/c1-2-4(6)3-5;2*5-3-1-2-4-6;1-3-4(2)5;1-3-4-2;1-2;/h2,4H,1,3H2;2*1-2H,3-4H2;3H,1-2H2;3-4H,1-2H2;;1H/b;2-1+;2-1-;;;;. The first-order valence-electron chi connectivity index (χ1n) is 7.54. The second kappa shape index (κ2) is 63.1. The lowest BCUT2D eigenvalue weighted by Gasteiger charge is -1.89. The Morgan fingerprint density at radius 1 is 0.700 bits per heavy atom. The summed E-state index contributed by atoms with van der Waals surface area (Å²) in [5.74, 6) is 2.70. The maximum Gasteiger partial charge on any atom is 0.0648 e. The smallest absolute Gasteiger partial charge is 0.0648 e. The van der Waals surface area contributed by atoms with Gasteiger partial charge in [-0.05, 0) is 0 Å². The van der Waals surface area contributed by atoms with Crippen LogP contribution in [0.3, 0.4) is 0 Å². The van der Waals surface area contributed by atoms with E-state index < -0.39 is 0 Å². The molecule has 1 atom stereocenters. The average molecular weight is 625 g/mol. The van der Waals surface area contributed by atoms with Crippen LogP contribution in [-0.2, 0) is 0 Å². The van der Waals surface area contributed by atoms with Crippen molar-refractivity contribution in [2.75, 3.05) is 29.4 Å². The van der Waals surface area contributed by atoms with Crippen molar-refractivity contribution >= 4 is 115 Å². The van der Waals surface area contributed by atoms with E-state index in [1.807, 2.05) is 24.3 Å². The molecule has 0 saturated heterocycles. The summed E-state index contributed by atoms with van der Waals surface area (Å²) in [6.45, 7) is 16.8. The van der Waals surface area contributed by atoms with Gasteiger partial charge in [0, 0.05) is 56.1 Å². The molecule has 0 aliphatic carbocycles. The SMILES string of the molecule is C=CC(=C)Cl.C=CC(Cl)CCl.C=CC=C.Cl.ClC/C=C/CCl.ClC/C=C\CCl.ClCl. The summed E-state index contributed by atoms with van der Waals surface area (Å²) in [6.07, 6.45) is 13.6. The van der Waals surface area contributed by atoms with E-state index in [-0.39, 0.29) is 17.8 Å². The van der Waals surface area contributed by atoms with Crippen molar-refractivity contribution in [2.24, 2.45) is 0 Å². The maximum atomic E-state index is 5.40. The zero-order chi connectivity index (χ0) is 24.3. The molecule has 0 aromatic carbocycles. The molecule has 0 spiro atoms. The first kappa shape index (κ1) is 48.5. The molecule has 1 unspecified atom stereocenters. The van der Waals surface area contributed by atoms with Gasteiger partial charge in [-0.25, -0.2) is 0 Å². The van der Waals surface area contributed by atoms with Crippen molar-refractivity contribution in [3.63, 3.8) is 0 Å². The molecule has 0 aromatic rings. The van der Waals surface area contributed by atoms with Crippen LogP contribution < -0.4 is 0 Å². The van der Waals surface area contributed by atoms with Crippen LogP contribution in [0.2, 0.25) is 0 Å². The number of allylic oxidation sites excluding steroid dienone is 9. The molecule has 0 heterocycles. The minimum Gasteiger partial charge on any atom is -0.147 e. The summed E-state index contributed by atoms with van der Waals surface area (Å²) in [5.41, 5.74) is 0. The molecule has 0 aromatic heterocycles. The Hall–Kier alpha value is 1.08. The molecular weight excluding hydrogens is 595 g/mol. The molecule has 0 amide bonds. The molecule has 0 bridgehead atoms. The Bertz CT molecular complexity index is 348. The van der Waals surface area contributed by atoms with Crippen LogP contribution in [-0.4, -0.2) is 34.8 Å². The van der Waals surface area contributed by atoms with E-state index in [2.05, 4.69) is 54.6 Å². The monoisotopic (exact) mass is 620 g/mol. The van der Waals surface area contributed by atoms with Crippen molar-refractivity contribution in [1.82, 2.24) is 0 Å². The van der Waals surface area contributed by atoms with E-state index in [1.54, 1.807) is 18.2 Å². The zero-order valence-corrected chi connectivity index (χ0v) is 24.2. The molecule has 0 radical (unpaired) electrons. The average Bonchev–Trinajstić information content (AvgIpc) is 2.78. The largest absolute Gasteiger partial charge is 0.147 e. The van der Waals surface area contributed by atoms with Gasteiger partial charge in [0.25, 0.3) is 0 Å². The van der Waals surface area contributed by atoms with Gasteiger partial charge in [-0.3, -0.25) is 0 Å². The molecule has 10 heteroatoms. The molecule has 0 nitrogen and oxygen atoms in total. The predicted molar refractivity (Wildman–Crippen MR) is 156 cm³/mol. The highest BCUT2D eigenvalue weighted by atomic mass is 36.5. The quantitative estimate of drug-likeness (QED) is 0.143. The van der Waals surface area contributed by atoms with Gasteiger partial charge in [0.2, 0.25) is 0 Å². The third kappa shape index (κ3) is 116. The van der Waals surface area contributed by atoms with Gasteiger partial charge in [-0.1, -0.05) is 86.5 Å². The van der Waals surface area contributed by atoms with Gasteiger partial charge < -0.3 is 0 Å². The third-order valence-corrected chi connectivity index (χ3v) is 3.17. The summed E-state index contributed by atoms with van der Waals surface area (Å²) in [5, 5.41) is 0.427. The number of hydrogen-bond acceptors (Lipinski definition) is 0. The highest BCUT2D eigenvalue weighted by Gasteiger charge is 1.89. The van der Waals surface area contributed by atoms with Crippen molar-refractivity contribution in [1.29, 1.82) is 0 Å². The minimum absolute atomic E-state index is 0. The van der Waals surface area contributed by atoms with Crippen molar-refractivity contribution in [3.05, 3.63) is 86.5 Å². The molecule has 180 valence electrons. The lowest BCUT2D eigenvalue weighted by molar-refractivity contribution is 1.25. The maximum absolute atomic E-state index is 5.40. The Morgan fingerprint density at radius 3 is 0.967 bits per heavy atom. The van der Waals surface area contributed by atoms with Crippen LogP contribution in [0.1, 0.15) is 0 Å². The van der Waals surface area contributed by atoms with Gasteiger partial charge in [0.05, 0.1) is 5.38 Å². The normalized spacial score (nSPS) is 8.83. The van der Waals surface area contributed by atoms with Crippen LogP contribution >= 0.6 is 115 Å². The fraction of sp³-hybridized carbons (Fsp3) is 0.300. The number of halogens is 10. The van der Waals surface area contributed by atoms with Gasteiger partial charge in [0.1, 0.15) is 0 Å². The van der Waals surface area contributed by atoms with Gasteiger partial charge >= 0.3 is 0 Å². The van der Waals surface area contributed by atoms with Crippen LogP contribution in [0.25, 0.3) is 0 Å². The van der Waals surface area contributed by atoms with E-state index >= 15 is 0 Å². The minimum atomic E-state index is -0.0633. The van der Waals surface area contributed by atoms with Crippen molar-refractivity contribution < 1.29 is 0 Å². The van der Waals surface area contributed by atoms with Crippen LogP contribution in [0.5, 0.6) is 0 Å². The topological polar surface area (TPSA) is 0 Å². The fourth-order valence-electron chi connectivity index (χ4n) is 0.315. The first-order chi connectivity index (χ1) is 13.8. The second-order valence-corrected chi connectivity index (χ2v) is 6.18. The summed E-state index contributed by atoms with van der Waals surface area (Å²) in [7, 11) is 8.22. The molecule has 30 heavy (non-hydrogen) atoms. The highest BCUT2D eigenvalue weighted by Crippen LogP contribution is 1.96. The summed E-state index contributed by atoms with van der Waals surface area (Å²) < 4.78 is 0. The Labute approximate surface area is 234 Å². The van der Waals surface area contributed by atoms with E-state index in [0.29, 0.717) is 34.4 Å². The summed E-state index contributed by atoms with van der Waals surface area (Å²) in [6, 6.07) is 0. The Morgan fingerprint density at radius 2 is 0.933 bits per heavy atom. The molecule has 0 saturated carbocycles. The third-order valence-electron chi connectivity index (χ3n) is 1.48. The molecule has 0 N–H and O–H groups in total. The molecule has 0 aliphatic rings. The molecule has 0 fully saturated rings. The lowest BCUT2D eigenvalue weighted by Crippen LogP contribution is -1.90. The highest BCUT2D eigenvalue weighted by molar-refractivity contribution is 6.85. The summed E-state index contributed by atoms with van der Waals surface area (Å²) >= 11 is 36.7. The van der Waals surface area contributed by atoms with Gasteiger partial charge in [0.15, 0.2) is 0 Å². The van der Waals surface area contributed by atoms with E-state index in [0.717, 1.165) is 0 Å².